The van der Waals surface area contributed by atoms with Crippen molar-refractivity contribution in [1.82, 2.24) is 5.32 Å². The number of hydrogen-bond donors (Lipinski definition) is 3. The number of anilines is 2. The summed E-state index contributed by atoms with van der Waals surface area (Å²) >= 11 is 0. The van der Waals surface area contributed by atoms with Gasteiger partial charge in [0, 0.05) is 16.9 Å². The number of nitrogens with two attached hydrogens (primary N) is 1. The number of sulfonamides is 1. The highest BCUT2D eigenvalue weighted by Crippen LogP contribution is 2.20. The van der Waals surface area contributed by atoms with Crippen LogP contribution in [0.15, 0.2) is 53.4 Å². The summed E-state index contributed by atoms with van der Waals surface area (Å²) in [7, 11) is -3.69. The van der Waals surface area contributed by atoms with Gasteiger partial charge in [0.2, 0.25) is 0 Å². The highest BCUT2D eigenvalue weighted by molar-refractivity contribution is 7.92. The van der Waals surface area contributed by atoms with Crippen molar-refractivity contribution < 1.29 is 17.9 Å². The number of alkyl carbamates (subject to hydrolysis) is 1. The predicted molar refractivity (Wildman–Crippen MR) is 115 cm³/mol. The predicted octanol–water partition coefficient (Wildman–Crippen LogP) is 3.92. The molecule has 0 radical (unpaired) electrons. The van der Waals surface area contributed by atoms with E-state index < -0.39 is 27.3 Å². The van der Waals surface area contributed by atoms with Crippen LogP contribution in [-0.2, 0) is 21.2 Å². The lowest BCUT2D eigenvalue weighted by Gasteiger charge is -2.28. The van der Waals surface area contributed by atoms with E-state index in [9.17, 15) is 13.2 Å². The van der Waals surface area contributed by atoms with E-state index in [4.69, 9.17) is 10.5 Å². The molecule has 0 saturated heterocycles. The van der Waals surface area contributed by atoms with Gasteiger partial charge in [-0.15, -0.1) is 0 Å². The van der Waals surface area contributed by atoms with Gasteiger partial charge in [-0.3, -0.25) is 4.72 Å². The minimum atomic E-state index is -3.69. The number of carbonyl (C=O) groups excluding carboxylic acids is 1. The number of nitrogens with one attached hydrogen (secondary N) is 2. The molecule has 0 fully saturated rings. The van der Waals surface area contributed by atoms with Crippen LogP contribution in [0.2, 0.25) is 0 Å². The normalized spacial score (nSPS) is 12.3. The van der Waals surface area contributed by atoms with Gasteiger partial charge in [-0.05, 0) is 83.0 Å². The fraction of sp³-hybridized carbons (Fsp3) is 0.381. The van der Waals surface area contributed by atoms with Crippen molar-refractivity contribution in [3.05, 3.63) is 54.1 Å². The smallest absolute Gasteiger partial charge is 0.408 e. The average Bonchev–Trinajstić information content (AvgIpc) is 2.54. The number of nitrogen functional groups attached to an aromatic ring is 1. The van der Waals surface area contributed by atoms with Gasteiger partial charge < -0.3 is 15.8 Å². The van der Waals surface area contributed by atoms with E-state index >= 15 is 0 Å². The summed E-state index contributed by atoms with van der Waals surface area (Å²) in [6, 6.07) is 13.0. The number of amides is 1. The Morgan fingerprint density at radius 2 is 1.52 bits per heavy atom. The summed E-state index contributed by atoms with van der Waals surface area (Å²) in [6.07, 6.45) is 0.0763. The molecule has 29 heavy (non-hydrogen) atoms. The van der Waals surface area contributed by atoms with Gasteiger partial charge in [-0.1, -0.05) is 12.1 Å². The van der Waals surface area contributed by atoms with Crippen LogP contribution in [0.4, 0.5) is 16.2 Å². The van der Waals surface area contributed by atoms with Crippen LogP contribution in [0.25, 0.3) is 0 Å². The van der Waals surface area contributed by atoms with Crippen LogP contribution in [0.3, 0.4) is 0 Å². The highest BCUT2D eigenvalue weighted by Gasteiger charge is 2.25. The zero-order valence-corrected chi connectivity index (χ0v) is 18.3. The van der Waals surface area contributed by atoms with Gasteiger partial charge >= 0.3 is 6.09 Å². The molecule has 0 aromatic heterocycles. The first-order chi connectivity index (χ1) is 13.3. The van der Waals surface area contributed by atoms with Crippen molar-refractivity contribution in [3.8, 4) is 0 Å². The van der Waals surface area contributed by atoms with Crippen LogP contribution in [0.1, 0.15) is 40.2 Å². The van der Waals surface area contributed by atoms with Gasteiger partial charge in [-0.25, -0.2) is 13.2 Å². The molecule has 0 unspecified atom stereocenters. The molecular formula is C21H29N3O4S. The topological polar surface area (TPSA) is 111 Å². The molecule has 4 N–H and O–H groups in total. The van der Waals surface area contributed by atoms with Gasteiger partial charge in [0.1, 0.15) is 5.60 Å². The summed E-state index contributed by atoms with van der Waals surface area (Å²) in [4.78, 5) is 12.2. The summed E-state index contributed by atoms with van der Waals surface area (Å²) < 4.78 is 32.7. The molecule has 7 nitrogen and oxygen atoms in total. The Morgan fingerprint density at radius 3 is 2.03 bits per heavy atom. The van der Waals surface area contributed by atoms with Crippen molar-refractivity contribution in [2.24, 2.45) is 0 Å². The molecule has 0 saturated carbocycles. The third-order valence-corrected chi connectivity index (χ3v) is 5.28. The second-order valence-corrected chi connectivity index (χ2v) is 10.2. The molecule has 8 heteroatoms. The van der Waals surface area contributed by atoms with E-state index in [-0.39, 0.29) is 4.90 Å². The van der Waals surface area contributed by atoms with Gasteiger partial charge in [0.05, 0.1) is 4.90 Å². The minimum Gasteiger partial charge on any atom is -0.444 e. The zero-order valence-electron chi connectivity index (χ0n) is 17.4. The third-order valence-electron chi connectivity index (χ3n) is 3.88. The van der Waals surface area contributed by atoms with E-state index in [2.05, 4.69) is 10.0 Å². The maximum atomic E-state index is 12.4. The molecule has 2 aromatic rings. The molecule has 2 rings (SSSR count). The Balaban J connectivity index is 2.02. The second kappa shape index (κ2) is 8.32. The molecule has 158 valence electrons. The summed E-state index contributed by atoms with van der Waals surface area (Å²) in [6.45, 7) is 9.22. The molecule has 0 heterocycles. The van der Waals surface area contributed by atoms with Crippen LogP contribution >= 0.6 is 0 Å². The van der Waals surface area contributed by atoms with E-state index in [1.807, 2.05) is 46.8 Å². The van der Waals surface area contributed by atoms with Crippen molar-refractivity contribution >= 4 is 27.5 Å². The van der Waals surface area contributed by atoms with Crippen LogP contribution < -0.4 is 15.8 Å². The molecule has 0 aliphatic rings. The number of hydrogen-bond acceptors (Lipinski definition) is 5. The largest absolute Gasteiger partial charge is 0.444 e. The number of ether oxygens (including phenoxy) is 1. The Bertz CT molecular complexity index is 945. The average molecular weight is 420 g/mol. The number of carbonyl (C=O) groups is 1. The molecule has 2 aromatic carbocycles. The van der Waals surface area contributed by atoms with Crippen molar-refractivity contribution in [2.45, 2.75) is 57.1 Å². The lowest BCUT2D eigenvalue weighted by Crippen LogP contribution is -2.47. The molecule has 0 aliphatic carbocycles. The lowest BCUT2D eigenvalue weighted by molar-refractivity contribution is 0.0472. The number of rotatable bonds is 6. The van der Waals surface area contributed by atoms with Crippen LogP contribution in [0, 0.1) is 0 Å². The molecule has 0 spiro atoms. The molecule has 1 amide bonds. The van der Waals surface area contributed by atoms with E-state index in [1.165, 1.54) is 24.3 Å². The summed E-state index contributed by atoms with van der Waals surface area (Å²) in [5.74, 6) is 0. The first kappa shape index (κ1) is 22.5. The SMILES string of the molecule is CC(C)(Cc1ccc(NS(=O)(=O)c2ccc(N)cc2)cc1)NC(=O)OC(C)(C)C. The summed E-state index contributed by atoms with van der Waals surface area (Å²) in [5, 5.41) is 2.86. The molecule has 0 aliphatic heterocycles. The Hall–Kier alpha value is -2.74. The van der Waals surface area contributed by atoms with E-state index in [0.29, 0.717) is 17.8 Å². The Kier molecular flexibility index (Phi) is 6.47. The van der Waals surface area contributed by atoms with Crippen molar-refractivity contribution in [2.75, 3.05) is 10.5 Å². The second-order valence-electron chi connectivity index (χ2n) is 8.56. The first-order valence-corrected chi connectivity index (χ1v) is 10.7. The number of benzene rings is 2. The third kappa shape index (κ3) is 7.30. The minimum absolute atomic E-state index is 0.137. The van der Waals surface area contributed by atoms with Crippen molar-refractivity contribution in [1.29, 1.82) is 0 Å². The molecule has 0 bridgehead atoms. The van der Waals surface area contributed by atoms with Gasteiger partial charge in [-0.2, -0.15) is 0 Å². The monoisotopic (exact) mass is 419 g/mol. The van der Waals surface area contributed by atoms with Gasteiger partial charge in [0.25, 0.3) is 10.0 Å². The van der Waals surface area contributed by atoms with Crippen LogP contribution in [-0.4, -0.2) is 25.7 Å². The molecule has 0 atom stereocenters. The van der Waals surface area contributed by atoms with Gasteiger partial charge in [0.15, 0.2) is 0 Å². The maximum absolute atomic E-state index is 12.4. The molecular weight excluding hydrogens is 390 g/mol. The maximum Gasteiger partial charge on any atom is 0.408 e. The standard InChI is InChI=1S/C21H29N3O4S/c1-20(2,3)28-19(25)23-21(4,5)14-15-6-10-17(11-7-15)24-29(26,27)18-12-8-16(22)9-13-18/h6-13,24H,14,22H2,1-5H3,(H,23,25). The lowest BCUT2D eigenvalue weighted by atomic mass is 9.95. The summed E-state index contributed by atoms with van der Waals surface area (Å²) in [5.41, 5.74) is 6.39. The fourth-order valence-electron chi connectivity index (χ4n) is 2.69. The van der Waals surface area contributed by atoms with E-state index in [0.717, 1.165) is 5.56 Å². The first-order valence-electron chi connectivity index (χ1n) is 9.24. The quantitative estimate of drug-likeness (QED) is 0.615. The van der Waals surface area contributed by atoms with Crippen LogP contribution in [0.5, 0.6) is 0 Å². The van der Waals surface area contributed by atoms with E-state index in [1.54, 1.807) is 12.1 Å². The van der Waals surface area contributed by atoms with Crippen molar-refractivity contribution in [3.63, 3.8) is 0 Å². The zero-order chi connectivity index (χ0) is 21.9. The Labute approximate surface area is 172 Å². The highest BCUT2D eigenvalue weighted by atomic mass is 32.2. The Morgan fingerprint density at radius 1 is 0.966 bits per heavy atom. The fourth-order valence-corrected chi connectivity index (χ4v) is 3.74.